The minimum absolute atomic E-state index is 0.00161. The number of aromatic nitrogens is 3. The van der Waals surface area contributed by atoms with Gasteiger partial charge in [-0.05, 0) is 104 Å². The van der Waals surface area contributed by atoms with Crippen LogP contribution >= 0.6 is 0 Å². The molecule has 0 saturated carbocycles. The fraction of sp³-hybridized carbons (Fsp3) is 0.264. The normalized spacial score (nSPS) is 16.2. The van der Waals surface area contributed by atoms with Crippen LogP contribution < -0.4 is 9.13 Å². The molecule has 0 radical (unpaired) electrons. The second-order valence-corrected chi connectivity index (χ2v) is 18.3. The molecule has 0 unspecified atom stereocenters. The molecule has 0 N–H and O–H groups in total. The average Bonchev–Trinajstić information content (AvgIpc) is 3.67. The van der Waals surface area contributed by atoms with Crippen molar-refractivity contribution in [2.75, 3.05) is 0 Å². The maximum absolute atomic E-state index is 4.79. The predicted octanol–water partition coefficient (Wildman–Crippen LogP) is 12.2. The van der Waals surface area contributed by atoms with Gasteiger partial charge in [-0.15, -0.1) is 0 Å². The summed E-state index contributed by atoms with van der Waals surface area (Å²) in [7, 11) is 0. The van der Waals surface area contributed by atoms with E-state index in [1.165, 1.54) is 89.2 Å². The monoisotopic (exact) mass is 729 g/mol. The zero-order chi connectivity index (χ0) is 38.7. The lowest BCUT2D eigenvalue weighted by molar-refractivity contribution is -0.597. The third-order valence-corrected chi connectivity index (χ3v) is 13.2. The number of allylic oxidation sites excluding steroid dienone is 1. The number of rotatable bonds is 3. The van der Waals surface area contributed by atoms with Crippen LogP contribution in [0, 0.1) is 0 Å². The van der Waals surface area contributed by atoms with Crippen molar-refractivity contribution >= 4 is 22.2 Å². The minimum atomic E-state index is -0.0832. The van der Waals surface area contributed by atoms with Crippen LogP contribution in [0.5, 0.6) is 0 Å². The topological polar surface area (TPSA) is 20.6 Å². The highest BCUT2D eigenvalue weighted by molar-refractivity contribution is 6.00. The molecule has 1 aliphatic carbocycles. The SMILES string of the molecule is CCC1(CC)c2cc3c(cc2-c2ccc4ccccc4c21)-c1cc(-c2ccccn2)cc[n+]1/C3=C1\Cc2cc(C(C)(C)C)ccc2-c2ccc(C(C)(C)C)c[n+]21. The Balaban J connectivity index is 1.31. The van der Waals surface area contributed by atoms with Crippen LogP contribution in [0.4, 0.5) is 0 Å². The number of hydrogen-bond acceptors (Lipinski definition) is 1. The van der Waals surface area contributed by atoms with Crippen LogP contribution in [0.25, 0.3) is 67.1 Å². The Kier molecular flexibility index (Phi) is 7.56. The van der Waals surface area contributed by atoms with E-state index in [0.717, 1.165) is 30.5 Å². The Morgan fingerprint density at radius 2 is 1.38 bits per heavy atom. The van der Waals surface area contributed by atoms with Crippen molar-refractivity contribution in [3.63, 3.8) is 0 Å². The first-order valence-electron chi connectivity index (χ1n) is 20.5. The van der Waals surface area contributed by atoms with Gasteiger partial charge in [0.25, 0.3) is 11.4 Å². The summed E-state index contributed by atoms with van der Waals surface area (Å²) in [4.78, 5) is 4.79. The number of hydrogen-bond donors (Lipinski definition) is 0. The van der Waals surface area contributed by atoms with Gasteiger partial charge in [-0.25, -0.2) is 0 Å². The highest BCUT2D eigenvalue weighted by Crippen LogP contribution is 2.57. The third kappa shape index (κ3) is 4.99. The van der Waals surface area contributed by atoms with Crippen molar-refractivity contribution in [2.45, 2.75) is 90.9 Å². The van der Waals surface area contributed by atoms with Gasteiger partial charge in [0.15, 0.2) is 12.4 Å². The third-order valence-electron chi connectivity index (χ3n) is 13.2. The van der Waals surface area contributed by atoms with Gasteiger partial charge in [0.2, 0.25) is 11.4 Å². The van der Waals surface area contributed by atoms with Gasteiger partial charge in [0.1, 0.15) is 0 Å². The van der Waals surface area contributed by atoms with E-state index < -0.39 is 0 Å². The van der Waals surface area contributed by atoms with E-state index in [-0.39, 0.29) is 16.2 Å². The molecule has 3 heteroatoms. The van der Waals surface area contributed by atoms with Crippen LogP contribution in [-0.2, 0) is 22.7 Å². The summed E-state index contributed by atoms with van der Waals surface area (Å²) in [6, 6.07) is 41.6. The van der Waals surface area contributed by atoms with Gasteiger partial charge in [-0.1, -0.05) is 110 Å². The van der Waals surface area contributed by atoms with E-state index >= 15 is 0 Å². The lowest BCUT2D eigenvalue weighted by atomic mass is 9.72. The molecule has 56 heavy (non-hydrogen) atoms. The number of fused-ring (bicyclic) bond motifs is 11. The summed E-state index contributed by atoms with van der Waals surface area (Å²) >= 11 is 0. The van der Waals surface area contributed by atoms with Crippen molar-refractivity contribution in [1.29, 1.82) is 0 Å². The van der Waals surface area contributed by atoms with E-state index in [0.29, 0.717) is 0 Å². The molecule has 0 amide bonds. The molecule has 3 aliphatic rings. The number of pyridine rings is 3. The summed E-state index contributed by atoms with van der Waals surface area (Å²) < 4.78 is 5.03. The lowest BCUT2D eigenvalue weighted by Gasteiger charge is -2.31. The molecular weight excluding hydrogens is 679 g/mol. The quantitative estimate of drug-likeness (QED) is 0.166. The Bertz CT molecular complexity index is 2800. The first kappa shape index (κ1) is 34.8. The lowest BCUT2D eigenvalue weighted by Crippen LogP contribution is -2.45. The molecule has 5 heterocycles. The summed E-state index contributed by atoms with van der Waals surface area (Å²) in [5.41, 5.74) is 20.9. The van der Waals surface area contributed by atoms with Gasteiger partial charge < -0.3 is 0 Å². The van der Waals surface area contributed by atoms with Gasteiger partial charge in [0.05, 0.1) is 28.8 Å². The predicted molar refractivity (Wildman–Crippen MR) is 231 cm³/mol. The Morgan fingerprint density at radius 1 is 0.625 bits per heavy atom. The van der Waals surface area contributed by atoms with Crippen LogP contribution in [0.3, 0.4) is 0 Å². The van der Waals surface area contributed by atoms with Gasteiger partial charge in [-0.2, -0.15) is 9.13 Å². The fourth-order valence-electron chi connectivity index (χ4n) is 10.1. The zero-order valence-corrected chi connectivity index (χ0v) is 34.1. The summed E-state index contributed by atoms with van der Waals surface area (Å²) in [5, 5.41) is 2.70. The number of nitrogens with zero attached hydrogens (tertiary/aromatic N) is 3. The van der Waals surface area contributed by atoms with Crippen LogP contribution in [0.15, 0.2) is 128 Å². The van der Waals surface area contributed by atoms with Crippen LogP contribution in [0.1, 0.15) is 102 Å². The molecule has 2 aliphatic heterocycles. The molecule has 0 saturated heterocycles. The molecule has 0 bridgehead atoms. The highest BCUT2D eigenvalue weighted by Gasteiger charge is 2.48. The van der Waals surface area contributed by atoms with Crippen LogP contribution in [-0.4, -0.2) is 4.98 Å². The standard InChI is InChI=1S/C53H51N3/c1-9-53(10-2)44-31-43-42(30-41(44)40-21-18-33-15-11-12-16-39(33)49(40)53)47-28-34(45-17-13-14-25-54-45)24-26-55(47)50(43)48-29-35-27-36(51(3,4)5)19-22-38(35)46-23-20-37(32-56(46)48)52(6,7)8/h11-28,30-32H,9-10,29H2,1-8H3/q+2/b50-48+. The van der Waals surface area contributed by atoms with E-state index in [2.05, 4.69) is 180 Å². The van der Waals surface area contributed by atoms with Gasteiger partial charge >= 0.3 is 0 Å². The fourth-order valence-corrected chi connectivity index (χ4v) is 10.1. The zero-order valence-electron chi connectivity index (χ0n) is 34.1. The Labute approximate surface area is 332 Å². The van der Waals surface area contributed by atoms with Gasteiger partial charge in [0, 0.05) is 40.9 Å². The highest BCUT2D eigenvalue weighted by atomic mass is 15.1. The van der Waals surface area contributed by atoms with Crippen molar-refractivity contribution in [3.8, 4) is 44.9 Å². The largest absolute Gasteiger partial charge is 0.287 e. The van der Waals surface area contributed by atoms with E-state index in [1.54, 1.807) is 0 Å². The first-order valence-corrected chi connectivity index (χ1v) is 20.5. The molecule has 10 rings (SSSR count). The maximum atomic E-state index is 4.79. The Hall–Kier alpha value is -5.67. The molecular formula is C53H51N3+2. The summed E-state index contributed by atoms with van der Waals surface area (Å²) in [5.74, 6) is 0. The van der Waals surface area contributed by atoms with Crippen molar-refractivity contribution in [1.82, 2.24) is 4.98 Å². The van der Waals surface area contributed by atoms with E-state index in [1.807, 2.05) is 12.3 Å². The molecule has 4 aromatic carbocycles. The number of benzene rings is 4. The molecule has 0 atom stereocenters. The average molecular weight is 730 g/mol. The maximum Gasteiger partial charge on any atom is 0.287 e. The van der Waals surface area contributed by atoms with Crippen LogP contribution in [0.2, 0.25) is 0 Å². The smallest absolute Gasteiger partial charge is 0.256 e. The second-order valence-electron chi connectivity index (χ2n) is 18.3. The Morgan fingerprint density at radius 3 is 2.12 bits per heavy atom. The first-order chi connectivity index (χ1) is 26.9. The second kappa shape index (κ2) is 12.2. The molecule has 3 aromatic heterocycles. The summed E-state index contributed by atoms with van der Waals surface area (Å²) in [6.45, 7) is 18.7. The van der Waals surface area contributed by atoms with E-state index in [4.69, 9.17) is 4.98 Å². The summed E-state index contributed by atoms with van der Waals surface area (Å²) in [6.07, 6.45) is 9.55. The molecule has 0 fully saturated rings. The molecule has 276 valence electrons. The van der Waals surface area contributed by atoms with Crippen molar-refractivity contribution < 1.29 is 9.13 Å². The minimum Gasteiger partial charge on any atom is -0.256 e. The van der Waals surface area contributed by atoms with Crippen molar-refractivity contribution in [3.05, 3.63) is 161 Å². The van der Waals surface area contributed by atoms with Crippen molar-refractivity contribution in [2.24, 2.45) is 0 Å². The molecule has 3 nitrogen and oxygen atoms in total. The van der Waals surface area contributed by atoms with Gasteiger partial charge in [-0.3, -0.25) is 4.98 Å². The molecule has 0 spiro atoms. The van der Waals surface area contributed by atoms with E-state index in [9.17, 15) is 0 Å². The molecule has 7 aromatic rings.